The monoisotopic (exact) mass is 324 g/mol. The van der Waals surface area contributed by atoms with E-state index in [9.17, 15) is 0 Å². The molecule has 3 aromatic heterocycles. The van der Waals surface area contributed by atoms with Crippen LogP contribution in [0.25, 0.3) is 10.9 Å². The van der Waals surface area contributed by atoms with Gasteiger partial charge >= 0.3 is 0 Å². The molecule has 1 saturated heterocycles. The Morgan fingerprint density at radius 3 is 3.04 bits per heavy atom. The summed E-state index contributed by atoms with van der Waals surface area (Å²) < 4.78 is 11.3. The third-order valence-corrected chi connectivity index (χ3v) is 4.65. The van der Waals surface area contributed by atoms with E-state index >= 15 is 0 Å². The van der Waals surface area contributed by atoms with Gasteiger partial charge < -0.3 is 14.2 Å². The molecular weight excluding hydrogens is 304 g/mol. The van der Waals surface area contributed by atoms with Crippen molar-refractivity contribution in [2.24, 2.45) is 0 Å². The average Bonchev–Trinajstić information content (AvgIpc) is 3.20. The molecule has 124 valence electrons. The van der Waals surface area contributed by atoms with Crippen molar-refractivity contribution in [1.82, 2.24) is 15.1 Å². The van der Waals surface area contributed by atoms with Crippen LogP contribution in [-0.4, -0.2) is 34.3 Å². The highest BCUT2D eigenvalue weighted by Gasteiger charge is 2.25. The number of hydrogen-bond acceptors (Lipinski definition) is 6. The first-order valence-electron chi connectivity index (χ1n) is 8.19. The highest BCUT2D eigenvalue weighted by atomic mass is 16.5. The van der Waals surface area contributed by atoms with Crippen molar-refractivity contribution in [3.05, 3.63) is 47.7 Å². The fraction of sp³-hybridized carbons (Fsp3) is 0.389. The van der Waals surface area contributed by atoms with Crippen LogP contribution in [0.4, 0.5) is 5.69 Å². The van der Waals surface area contributed by atoms with Gasteiger partial charge in [-0.05, 0) is 32.4 Å². The smallest absolute Gasteiger partial charge is 0.139 e. The molecule has 6 nitrogen and oxygen atoms in total. The number of rotatable bonds is 4. The van der Waals surface area contributed by atoms with Crippen molar-refractivity contribution in [1.29, 1.82) is 0 Å². The molecule has 4 rings (SSSR count). The number of aromatic nitrogens is 3. The van der Waals surface area contributed by atoms with E-state index in [2.05, 4.69) is 26.1 Å². The van der Waals surface area contributed by atoms with E-state index < -0.39 is 0 Å². The maximum atomic E-state index is 6.10. The lowest BCUT2D eigenvalue weighted by Gasteiger charge is -2.20. The van der Waals surface area contributed by atoms with E-state index in [-0.39, 0.29) is 6.10 Å². The van der Waals surface area contributed by atoms with Crippen LogP contribution in [0.1, 0.15) is 23.4 Å². The van der Waals surface area contributed by atoms with Gasteiger partial charge in [0.25, 0.3) is 0 Å². The lowest BCUT2D eigenvalue weighted by molar-refractivity contribution is 0.0544. The zero-order valence-corrected chi connectivity index (χ0v) is 13.9. The Labute approximate surface area is 140 Å². The van der Waals surface area contributed by atoms with Gasteiger partial charge in [0.05, 0.1) is 23.9 Å². The molecule has 0 aromatic carbocycles. The van der Waals surface area contributed by atoms with Crippen LogP contribution in [0, 0.1) is 13.8 Å². The molecule has 0 spiro atoms. The summed E-state index contributed by atoms with van der Waals surface area (Å²) in [6, 6.07) is 4.00. The minimum absolute atomic E-state index is 0.207. The highest BCUT2D eigenvalue weighted by Crippen LogP contribution is 2.28. The van der Waals surface area contributed by atoms with Crippen LogP contribution in [0.15, 0.2) is 35.2 Å². The minimum atomic E-state index is 0.207. The molecule has 1 aliphatic rings. The minimum Gasteiger partial charge on any atom is -0.371 e. The van der Waals surface area contributed by atoms with Gasteiger partial charge in [-0.1, -0.05) is 5.16 Å². The van der Waals surface area contributed by atoms with Crippen molar-refractivity contribution >= 4 is 16.6 Å². The summed E-state index contributed by atoms with van der Waals surface area (Å²) in [6.45, 7) is 6.28. The zero-order valence-electron chi connectivity index (χ0n) is 13.9. The lowest BCUT2D eigenvalue weighted by atomic mass is 10.2. The van der Waals surface area contributed by atoms with Crippen molar-refractivity contribution in [2.75, 3.05) is 18.0 Å². The summed E-state index contributed by atoms with van der Waals surface area (Å²) in [4.78, 5) is 11.0. The zero-order chi connectivity index (χ0) is 16.5. The Bertz CT molecular complexity index is 836. The molecule has 1 fully saturated rings. The summed E-state index contributed by atoms with van der Waals surface area (Å²) in [7, 11) is 0. The maximum Gasteiger partial charge on any atom is 0.139 e. The van der Waals surface area contributed by atoms with Gasteiger partial charge in [0.1, 0.15) is 5.76 Å². The molecule has 4 heterocycles. The van der Waals surface area contributed by atoms with Crippen LogP contribution >= 0.6 is 0 Å². The van der Waals surface area contributed by atoms with Crippen LogP contribution in [0.5, 0.6) is 0 Å². The molecular formula is C18H20N4O2. The third-order valence-electron chi connectivity index (χ3n) is 4.65. The molecule has 6 heteroatoms. The molecule has 0 amide bonds. The van der Waals surface area contributed by atoms with E-state index in [0.717, 1.165) is 47.4 Å². The summed E-state index contributed by atoms with van der Waals surface area (Å²) in [5, 5.41) is 5.07. The highest BCUT2D eigenvalue weighted by molar-refractivity contribution is 5.90. The van der Waals surface area contributed by atoms with Gasteiger partial charge in [0.2, 0.25) is 0 Å². The second-order valence-corrected chi connectivity index (χ2v) is 6.19. The molecule has 3 aromatic rings. The Kier molecular flexibility index (Phi) is 3.90. The summed E-state index contributed by atoms with van der Waals surface area (Å²) >= 11 is 0. The van der Waals surface area contributed by atoms with Gasteiger partial charge in [0.15, 0.2) is 0 Å². The van der Waals surface area contributed by atoms with E-state index in [1.807, 2.05) is 32.3 Å². The second-order valence-electron chi connectivity index (χ2n) is 6.19. The van der Waals surface area contributed by atoms with Crippen LogP contribution in [-0.2, 0) is 11.3 Å². The number of anilines is 1. The topological polar surface area (TPSA) is 64.3 Å². The Balaban J connectivity index is 1.46. The Hall–Kier alpha value is -2.47. The number of aryl methyl sites for hydroxylation is 2. The maximum absolute atomic E-state index is 6.10. The predicted molar refractivity (Wildman–Crippen MR) is 90.9 cm³/mol. The lowest BCUT2D eigenvalue weighted by Crippen LogP contribution is -2.23. The molecule has 0 aliphatic carbocycles. The standard InChI is InChI=1S/C18H20N4O2/c1-12-16(13(2)24-21-12)11-23-14-5-8-22(10-14)18-4-7-20-17-3-6-19-9-15(17)18/h3-4,6-7,9,14H,5,8,10-11H2,1-2H3. The first kappa shape index (κ1) is 15.1. The van der Waals surface area contributed by atoms with E-state index in [4.69, 9.17) is 9.26 Å². The molecule has 1 unspecified atom stereocenters. The Morgan fingerprint density at radius 2 is 2.21 bits per heavy atom. The van der Waals surface area contributed by atoms with Gasteiger partial charge in [-0.3, -0.25) is 9.97 Å². The van der Waals surface area contributed by atoms with Gasteiger partial charge in [-0.25, -0.2) is 0 Å². The fourth-order valence-corrected chi connectivity index (χ4v) is 3.24. The van der Waals surface area contributed by atoms with Crippen LogP contribution in [0.3, 0.4) is 0 Å². The molecule has 0 N–H and O–H groups in total. The molecule has 0 saturated carbocycles. The SMILES string of the molecule is Cc1noc(C)c1COC1CCN(c2ccnc3ccncc23)C1. The second kappa shape index (κ2) is 6.20. The molecule has 1 aliphatic heterocycles. The number of ether oxygens (including phenoxy) is 1. The van der Waals surface area contributed by atoms with E-state index in [0.29, 0.717) is 6.61 Å². The van der Waals surface area contributed by atoms with Gasteiger partial charge in [-0.15, -0.1) is 0 Å². The van der Waals surface area contributed by atoms with Crippen molar-refractivity contribution in [3.63, 3.8) is 0 Å². The molecule has 0 bridgehead atoms. The van der Waals surface area contributed by atoms with Crippen LogP contribution < -0.4 is 4.90 Å². The predicted octanol–water partition coefficient (Wildman–Crippen LogP) is 3.03. The van der Waals surface area contributed by atoms with Gasteiger partial charge in [-0.2, -0.15) is 0 Å². The average molecular weight is 324 g/mol. The molecule has 1 atom stereocenters. The summed E-state index contributed by atoms with van der Waals surface area (Å²) in [5.74, 6) is 0.841. The fourth-order valence-electron chi connectivity index (χ4n) is 3.24. The normalized spacial score (nSPS) is 17.8. The largest absolute Gasteiger partial charge is 0.371 e. The van der Waals surface area contributed by atoms with Gasteiger partial charge in [0, 0.05) is 48.3 Å². The third kappa shape index (κ3) is 2.73. The Morgan fingerprint density at radius 1 is 1.29 bits per heavy atom. The van der Waals surface area contributed by atoms with Crippen molar-refractivity contribution in [3.8, 4) is 0 Å². The molecule has 0 radical (unpaired) electrons. The number of fused-ring (bicyclic) bond motifs is 1. The summed E-state index contributed by atoms with van der Waals surface area (Å²) in [5.41, 5.74) is 4.12. The van der Waals surface area contributed by atoms with Crippen LogP contribution in [0.2, 0.25) is 0 Å². The number of hydrogen-bond donors (Lipinski definition) is 0. The van der Waals surface area contributed by atoms with Crippen molar-refractivity contribution in [2.45, 2.75) is 33.0 Å². The van der Waals surface area contributed by atoms with E-state index in [1.165, 1.54) is 5.69 Å². The quantitative estimate of drug-likeness (QED) is 0.735. The first-order chi connectivity index (χ1) is 11.7. The number of nitrogens with zero attached hydrogens (tertiary/aromatic N) is 4. The van der Waals surface area contributed by atoms with Crippen molar-refractivity contribution < 1.29 is 9.26 Å². The summed E-state index contributed by atoms with van der Waals surface area (Å²) in [6.07, 6.45) is 6.73. The first-order valence-corrected chi connectivity index (χ1v) is 8.19. The van der Waals surface area contributed by atoms with E-state index in [1.54, 1.807) is 6.20 Å². The molecule has 24 heavy (non-hydrogen) atoms. The number of pyridine rings is 2.